The molecule has 0 unspecified atom stereocenters. The number of para-hydroxylation sites is 1. The van der Waals surface area contributed by atoms with E-state index in [9.17, 15) is 9.59 Å². The van der Waals surface area contributed by atoms with Crippen LogP contribution in [-0.4, -0.2) is 67.5 Å². The van der Waals surface area contributed by atoms with E-state index in [1.165, 1.54) is 4.73 Å². The first-order valence-corrected chi connectivity index (χ1v) is 11.5. The molecule has 2 aromatic carbocycles. The van der Waals surface area contributed by atoms with Gasteiger partial charge in [0.1, 0.15) is 19.0 Å². The molecule has 0 saturated carbocycles. The molecule has 34 heavy (non-hydrogen) atoms. The van der Waals surface area contributed by atoms with Gasteiger partial charge in [-0.25, -0.2) is 9.59 Å². The van der Waals surface area contributed by atoms with E-state index >= 15 is 0 Å². The minimum atomic E-state index is -1.02. The van der Waals surface area contributed by atoms with Gasteiger partial charge in [-0.3, -0.25) is 4.90 Å². The molecule has 0 spiro atoms. The molecule has 1 fully saturated rings. The molecule has 4 heterocycles. The summed E-state index contributed by atoms with van der Waals surface area (Å²) < 4.78 is 18.4. The Morgan fingerprint density at radius 3 is 2.50 bits per heavy atom. The highest BCUT2D eigenvalue weighted by molar-refractivity contribution is 6.31. The Hall–Kier alpha value is -3.72. The largest absolute Gasteiger partial charge is 0.486 e. The summed E-state index contributed by atoms with van der Waals surface area (Å²) in [4.78, 5) is 34.1. The van der Waals surface area contributed by atoms with Gasteiger partial charge in [0.2, 0.25) is 0 Å². The lowest BCUT2D eigenvalue weighted by molar-refractivity contribution is -0.162. The molecule has 0 amide bonds. The smallest absolute Gasteiger partial charge is 0.442 e. The SMILES string of the molecule is Cc1c(CCN2CCN(c3cccc4c3OCCO4)CC2)c2c3cccc2n1OC(=O)C(=O)O3. The highest BCUT2D eigenvalue weighted by Gasteiger charge is 2.30. The predicted molar refractivity (Wildman–Crippen MR) is 124 cm³/mol. The number of anilines is 1. The second-order valence-corrected chi connectivity index (χ2v) is 8.66. The zero-order valence-corrected chi connectivity index (χ0v) is 18.9. The molecule has 3 aliphatic heterocycles. The van der Waals surface area contributed by atoms with E-state index in [0.717, 1.165) is 78.5 Å². The molecule has 1 saturated heterocycles. The van der Waals surface area contributed by atoms with E-state index in [4.69, 9.17) is 19.0 Å². The minimum absolute atomic E-state index is 0.400. The highest BCUT2D eigenvalue weighted by Crippen LogP contribution is 2.40. The van der Waals surface area contributed by atoms with Crippen LogP contribution in [0.4, 0.5) is 5.69 Å². The fourth-order valence-corrected chi connectivity index (χ4v) is 5.04. The van der Waals surface area contributed by atoms with E-state index in [1.54, 1.807) is 12.1 Å². The first-order valence-electron chi connectivity index (χ1n) is 11.5. The molecule has 4 bridgehead atoms. The summed E-state index contributed by atoms with van der Waals surface area (Å²) in [6.45, 7) is 7.52. The predicted octanol–water partition coefficient (Wildman–Crippen LogP) is 1.96. The fourth-order valence-electron chi connectivity index (χ4n) is 5.04. The van der Waals surface area contributed by atoms with Crippen LogP contribution in [0.2, 0.25) is 0 Å². The number of benzene rings is 2. The molecule has 0 aliphatic carbocycles. The molecule has 9 nitrogen and oxygen atoms in total. The fraction of sp³-hybridized carbons (Fsp3) is 0.360. The maximum absolute atomic E-state index is 12.0. The molecule has 176 valence electrons. The first-order chi connectivity index (χ1) is 16.6. The van der Waals surface area contributed by atoms with Crippen LogP contribution >= 0.6 is 0 Å². The number of hydrogen-bond donors (Lipinski definition) is 0. The van der Waals surface area contributed by atoms with Gasteiger partial charge in [-0.2, -0.15) is 4.73 Å². The van der Waals surface area contributed by atoms with Crippen LogP contribution < -0.4 is 23.9 Å². The van der Waals surface area contributed by atoms with Gasteiger partial charge < -0.3 is 23.9 Å². The zero-order chi connectivity index (χ0) is 23.2. The van der Waals surface area contributed by atoms with Gasteiger partial charge in [0, 0.05) is 38.1 Å². The molecular formula is C25H25N3O6. The molecule has 1 aromatic heterocycles. The van der Waals surface area contributed by atoms with Crippen molar-refractivity contribution in [1.82, 2.24) is 9.63 Å². The quantitative estimate of drug-likeness (QED) is 0.330. The average Bonchev–Trinajstić information content (AvgIpc) is 3.15. The van der Waals surface area contributed by atoms with Crippen LogP contribution in [0.3, 0.4) is 0 Å². The van der Waals surface area contributed by atoms with Gasteiger partial charge in [0.15, 0.2) is 11.5 Å². The van der Waals surface area contributed by atoms with Crippen molar-refractivity contribution >= 4 is 28.5 Å². The Morgan fingerprint density at radius 1 is 0.882 bits per heavy atom. The highest BCUT2D eigenvalue weighted by atomic mass is 16.7. The molecule has 9 heteroatoms. The maximum Gasteiger partial charge on any atom is 0.442 e. The molecule has 0 radical (unpaired) electrons. The lowest BCUT2D eigenvalue weighted by Crippen LogP contribution is -2.47. The van der Waals surface area contributed by atoms with E-state index in [0.29, 0.717) is 19.0 Å². The van der Waals surface area contributed by atoms with Crippen molar-refractivity contribution in [3.8, 4) is 17.2 Å². The minimum Gasteiger partial charge on any atom is -0.486 e. The third-order valence-electron chi connectivity index (χ3n) is 6.75. The molecular weight excluding hydrogens is 438 g/mol. The van der Waals surface area contributed by atoms with Gasteiger partial charge in [-0.1, -0.05) is 12.1 Å². The average molecular weight is 463 g/mol. The number of nitrogens with zero attached hydrogens (tertiary/aromatic N) is 3. The number of fused-ring (bicyclic) bond motifs is 1. The number of rotatable bonds is 4. The number of hydrogen-bond acceptors (Lipinski definition) is 8. The van der Waals surface area contributed by atoms with Gasteiger partial charge in [0.05, 0.1) is 16.9 Å². The standard InChI is InChI=1S/C25H25N3O6/c1-16-17(22-18-4-2-6-20(22)33-24(29)25(30)34-28(16)18)8-9-26-10-12-27(13-11-26)19-5-3-7-21-23(19)32-15-14-31-21/h2-7H,8-15H2,1H3. The van der Waals surface area contributed by atoms with E-state index < -0.39 is 11.9 Å². The van der Waals surface area contributed by atoms with E-state index in [1.807, 2.05) is 25.1 Å². The van der Waals surface area contributed by atoms with Crippen molar-refractivity contribution in [1.29, 1.82) is 0 Å². The molecule has 6 rings (SSSR count). The Bertz CT molecular complexity index is 1290. The summed E-state index contributed by atoms with van der Waals surface area (Å²) >= 11 is 0. The Labute approximate surface area is 196 Å². The third kappa shape index (κ3) is 3.43. The number of carbonyl (C=O) groups excluding carboxylic acids is 2. The number of piperazine rings is 1. The maximum atomic E-state index is 12.0. The number of aromatic nitrogens is 1. The summed E-state index contributed by atoms with van der Waals surface area (Å²) in [5.74, 6) is 0.0231. The van der Waals surface area contributed by atoms with Crippen molar-refractivity contribution in [3.05, 3.63) is 47.7 Å². The molecule has 0 N–H and O–H groups in total. The molecule has 0 atom stereocenters. The number of carbonyl (C=O) groups is 2. The van der Waals surface area contributed by atoms with Crippen LogP contribution in [0.1, 0.15) is 11.3 Å². The zero-order valence-electron chi connectivity index (χ0n) is 18.9. The van der Waals surface area contributed by atoms with Crippen molar-refractivity contribution in [3.63, 3.8) is 0 Å². The second-order valence-electron chi connectivity index (χ2n) is 8.66. The van der Waals surface area contributed by atoms with Crippen molar-refractivity contribution in [2.75, 3.05) is 50.8 Å². The summed E-state index contributed by atoms with van der Waals surface area (Å²) in [5.41, 5.74) is 3.65. The summed E-state index contributed by atoms with van der Waals surface area (Å²) in [6, 6.07) is 11.4. The van der Waals surface area contributed by atoms with E-state index in [2.05, 4.69) is 15.9 Å². The van der Waals surface area contributed by atoms with Crippen LogP contribution in [0.15, 0.2) is 36.4 Å². The van der Waals surface area contributed by atoms with Gasteiger partial charge >= 0.3 is 11.9 Å². The number of ether oxygens (including phenoxy) is 3. The van der Waals surface area contributed by atoms with Gasteiger partial charge in [-0.15, -0.1) is 0 Å². The molecule has 3 aromatic rings. The van der Waals surface area contributed by atoms with Crippen LogP contribution in [0, 0.1) is 6.92 Å². The van der Waals surface area contributed by atoms with Gasteiger partial charge in [0.25, 0.3) is 0 Å². The van der Waals surface area contributed by atoms with Crippen LogP contribution in [-0.2, 0) is 16.0 Å². The monoisotopic (exact) mass is 463 g/mol. The second kappa shape index (κ2) is 8.25. The lowest BCUT2D eigenvalue weighted by atomic mass is 10.1. The third-order valence-corrected chi connectivity index (χ3v) is 6.75. The van der Waals surface area contributed by atoms with Crippen molar-refractivity contribution in [2.24, 2.45) is 0 Å². The van der Waals surface area contributed by atoms with E-state index in [-0.39, 0.29) is 0 Å². The Kier molecular flexibility index (Phi) is 5.06. The number of esters is 1. The Balaban J connectivity index is 1.18. The summed E-state index contributed by atoms with van der Waals surface area (Å²) in [6.07, 6.45) is 0.749. The summed E-state index contributed by atoms with van der Waals surface area (Å²) in [5, 5.41) is 0.826. The molecule has 3 aliphatic rings. The van der Waals surface area contributed by atoms with Crippen molar-refractivity contribution < 1.29 is 28.6 Å². The van der Waals surface area contributed by atoms with Gasteiger partial charge in [-0.05, 0) is 43.2 Å². The van der Waals surface area contributed by atoms with Crippen molar-refractivity contribution in [2.45, 2.75) is 13.3 Å². The lowest BCUT2D eigenvalue weighted by Gasteiger charge is -2.37. The Morgan fingerprint density at radius 2 is 1.65 bits per heavy atom. The first kappa shape index (κ1) is 20.9. The normalized spacial score (nSPS) is 18.0. The summed E-state index contributed by atoms with van der Waals surface area (Å²) in [7, 11) is 0. The van der Waals surface area contributed by atoms with Crippen LogP contribution in [0.5, 0.6) is 17.2 Å². The topological polar surface area (TPSA) is 82.5 Å². The van der Waals surface area contributed by atoms with Crippen LogP contribution in [0.25, 0.3) is 10.9 Å².